The van der Waals surface area contributed by atoms with Gasteiger partial charge in [-0.2, -0.15) is 0 Å². The predicted octanol–water partition coefficient (Wildman–Crippen LogP) is 1.88. The highest BCUT2D eigenvalue weighted by Crippen LogP contribution is 2.24. The Kier molecular flexibility index (Phi) is 4.59. The highest BCUT2D eigenvalue weighted by atomic mass is 79.9. The summed E-state index contributed by atoms with van der Waals surface area (Å²) in [4.78, 5) is 0. The Balaban J connectivity index is 3.11. The first-order valence-corrected chi connectivity index (χ1v) is 4.99. The number of halogens is 3. The van der Waals surface area contributed by atoms with Crippen LogP contribution in [-0.2, 0) is 4.74 Å². The number of hydrogen-bond donors (Lipinski definition) is 2. The number of hydrogen-bond acceptors (Lipinski definition) is 3. The maximum atomic E-state index is 13.5. The van der Waals surface area contributed by atoms with Crippen LogP contribution in [0.3, 0.4) is 0 Å². The Morgan fingerprint density at radius 2 is 2.00 bits per heavy atom. The van der Waals surface area contributed by atoms with Gasteiger partial charge in [-0.15, -0.1) is 0 Å². The number of hydrazine groups is 1. The zero-order chi connectivity index (χ0) is 11.4. The van der Waals surface area contributed by atoms with Crippen molar-refractivity contribution in [2.24, 2.45) is 5.84 Å². The molecule has 0 aromatic heterocycles. The van der Waals surface area contributed by atoms with Crippen molar-refractivity contribution >= 4 is 15.9 Å². The zero-order valence-corrected chi connectivity index (χ0v) is 9.64. The van der Waals surface area contributed by atoms with Crippen LogP contribution in [0.1, 0.15) is 11.6 Å². The highest BCUT2D eigenvalue weighted by molar-refractivity contribution is 9.10. The van der Waals surface area contributed by atoms with Crippen molar-refractivity contribution in [3.8, 4) is 0 Å². The summed E-state index contributed by atoms with van der Waals surface area (Å²) < 4.78 is 32.0. The summed E-state index contributed by atoms with van der Waals surface area (Å²) in [6, 6.07) is 1.65. The Morgan fingerprint density at radius 3 is 2.40 bits per heavy atom. The maximum Gasteiger partial charge on any atom is 0.132 e. The molecule has 3 N–H and O–H groups in total. The summed E-state index contributed by atoms with van der Waals surface area (Å²) >= 11 is 2.99. The summed E-state index contributed by atoms with van der Waals surface area (Å²) in [6.45, 7) is 0.0893. The number of nitrogens with two attached hydrogens (primary N) is 1. The van der Waals surface area contributed by atoms with E-state index in [1.807, 2.05) is 0 Å². The number of methoxy groups -OCH3 is 1. The van der Waals surface area contributed by atoms with Gasteiger partial charge in [-0.05, 0) is 12.1 Å². The monoisotopic (exact) mass is 280 g/mol. The molecule has 1 rings (SSSR count). The topological polar surface area (TPSA) is 47.3 Å². The van der Waals surface area contributed by atoms with Gasteiger partial charge in [0, 0.05) is 17.1 Å². The molecule has 1 aromatic rings. The van der Waals surface area contributed by atoms with Gasteiger partial charge >= 0.3 is 0 Å². The van der Waals surface area contributed by atoms with E-state index in [2.05, 4.69) is 21.4 Å². The van der Waals surface area contributed by atoms with Gasteiger partial charge in [-0.3, -0.25) is 11.3 Å². The van der Waals surface area contributed by atoms with Crippen molar-refractivity contribution in [3.63, 3.8) is 0 Å². The molecule has 15 heavy (non-hydrogen) atoms. The number of rotatable bonds is 4. The zero-order valence-electron chi connectivity index (χ0n) is 8.06. The molecule has 0 heterocycles. The normalized spacial score (nSPS) is 12.9. The van der Waals surface area contributed by atoms with Crippen molar-refractivity contribution in [2.45, 2.75) is 6.04 Å². The molecule has 3 nitrogen and oxygen atoms in total. The molecule has 1 atom stereocenters. The lowest BCUT2D eigenvalue weighted by Gasteiger charge is -2.16. The molecular weight excluding hydrogens is 270 g/mol. The molecule has 1 aromatic carbocycles. The lowest BCUT2D eigenvalue weighted by molar-refractivity contribution is 0.164. The van der Waals surface area contributed by atoms with Crippen LogP contribution in [0.2, 0.25) is 0 Å². The molecule has 0 saturated heterocycles. The lowest BCUT2D eigenvalue weighted by atomic mass is 10.1. The van der Waals surface area contributed by atoms with Crippen molar-refractivity contribution in [1.29, 1.82) is 0 Å². The second-order valence-electron chi connectivity index (χ2n) is 2.96. The van der Waals surface area contributed by atoms with Crippen LogP contribution < -0.4 is 11.3 Å². The Labute approximate surface area is 94.7 Å². The van der Waals surface area contributed by atoms with E-state index in [0.717, 1.165) is 0 Å². The first kappa shape index (κ1) is 12.5. The van der Waals surface area contributed by atoms with Crippen molar-refractivity contribution in [2.75, 3.05) is 13.7 Å². The molecule has 0 aliphatic heterocycles. The van der Waals surface area contributed by atoms with E-state index in [9.17, 15) is 8.78 Å². The summed E-state index contributed by atoms with van der Waals surface area (Å²) in [5.41, 5.74) is 2.18. The van der Waals surface area contributed by atoms with Gasteiger partial charge in [0.25, 0.3) is 0 Å². The van der Waals surface area contributed by atoms with E-state index in [0.29, 0.717) is 4.47 Å². The molecule has 0 aliphatic carbocycles. The van der Waals surface area contributed by atoms with Crippen LogP contribution in [0.25, 0.3) is 0 Å². The van der Waals surface area contributed by atoms with Gasteiger partial charge in [-0.25, -0.2) is 8.78 Å². The minimum Gasteiger partial charge on any atom is -0.383 e. The average molecular weight is 281 g/mol. The first-order chi connectivity index (χ1) is 7.10. The molecule has 6 heteroatoms. The van der Waals surface area contributed by atoms with Crippen molar-refractivity contribution < 1.29 is 13.5 Å². The minimum absolute atomic E-state index is 0.0893. The predicted molar refractivity (Wildman–Crippen MR) is 56.0 cm³/mol. The van der Waals surface area contributed by atoms with E-state index in [4.69, 9.17) is 10.6 Å². The maximum absolute atomic E-state index is 13.5. The van der Waals surface area contributed by atoms with E-state index < -0.39 is 17.7 Å². The highest BCUT2D eigenvalue weighted by Gasteiger charge is 2.19. The molecule has 0 saturated carbocycles. The van der Waals surface area contributed by atoms with Gasteiger partial charge in [0.05, 0.1) is 12.6 Å². The number of ether oxygens (including phenoxy) is 1. The minimum atomic E-state index is -0.705. The Bertz CT molecular complexity index is 326. The van der Waals surface area contributed by atoms with Gasteiger partial charge in [0.1, 0.15) is 11.6 Å². The second kappa shape index (κ2) is 5.50. The van der Waals surface area contributed by atoms with Crippen LogP contribution >= 0.6 is 15.9 Å². The molecular formula is C9H11BrF2N2O. The first-order valence-electron chi connectivity index (χ1n) is 4.19. The molecule has 0 spiro atoms. The third-order valence-electron chi connectivity index (χ3n) is 1.93. The third kappa shape index (κ3) is 2.94. The van der Waals surface area contributed by atoms with Gasteiger partial charge in [-0.1, -0.05) is 15.9 Å². The molecule has 0 radical (unpaired) electrons. The van der Waals surface area contributed by atoms with Gasteiger partial charge in [0.2, 0.25) is 0 Å². The molecule has 0 aliphatic rings. The molecule has 84 valence electrons. The van der Waals surface area contributed by atoms with Gasteiger partial charge in [0.15, 0.2) is 0 Å². The van der Waals surface area contributed by atoms with Crippen molar-refractivity contribution in [1.82, 2.24) is 5.43 Å². The lowest BCUT2D eigenvalue weighted by Crippen LogP contribution is -2.32. The van der Waals surface area contributed by atoms with Crippen molar-refractivity contribution in [3.05, 3.63) is 33.8 Å². The average Bonchev–Trinajstić information content (AvgIpc) is 2.14. The van der Waals surface area contributed by atoms with Crippen LogP contribution in [-0.4, -0.2) is 13.7 Å². The summed E-state index contributed by atoms with van der Waals surface area (Å²) in [5, 5.41) is 0. The van der Waals surface area contributed by atoms with Crippen LogP contribution in [0.15, 0.2) is 16.6 Å². The van der Waals surface area contributed by atoms with Crippen LogP contribution in [0, 0.1) is 11.6 Å². The summed E-state index contributed by atoms with van der Waals surface area (Å²) in [6.07, 6.45) is 0. The number of benzene rings is 1. The summed E-state index contributed by atoms with van der Waals surface area (Å²) in [5.74, 6) is 3.86. The Morgan fingerprint density at radius 1 is 1.47 bits per heavy atom. The second-order valence-corrected chi connectivity index (χ2v) is 3.87. The molecule has 1 unspecified atom stereocenters. The Hall–Kier alpha value is -0.560. The van der Waals surface area contributed by atoms with E-state index in [1.54, 1.807) is 0 Å². The van der Waals surface area contributed by atoms with E-state index >= 15 is 0 Å². The molecule has 0 fully saturated rings. The van der Waals surface area contributed by atoms with E-state index in [1.165, 1.54) is 19.2 Å². The fourth-order valence-electron chi connectivity index (χ4n) is 1.27. The smallest absolute Gasteiger partial charge is 0.132 e. The SMILES string of the molecule is COCC(NN)c1c(F)cc(Br)cc1F. The fourth-order valence-corrected chi connectivity index (χ4v) is 1.67. The van der Waals surface area contributed by atoms with Crippen LogP contribution in [0.5, 0.6) is 0 Å². The third-order valence-corrected chi connectivity index (χ3v) is 2.38. The van der Waals surface area contributed by atoms with E-state index in [-0.39, 0.29) is 12.2 Å². The fraction of sp³-hybridized carbons (Fsp3) is 0.333. The van der Waals surface area contributed by atoms with Crippen LogP contribution in [0.4, 0.5) is 8.78 Å². The quantitative estimate of drug-likeness (QED) is 0.654. The molecule has 0 amide bonds. The number of nitrogens with one attached hydrogen (secondary N) is 1. The standard InChI is InChI=1S/C9H11BrF2N2O/c1-15-4-8(14-13)9-6(11)2-5(10)3-7(9)12/h2-3,8,14H,4,13H2,1H3. The van der Waals surface area contributed by atoms with Gasteiger partial charge < -0.3 is 4.74 Å². The summed E-state index contributed by atoms with van der Waals surface area (Å²) in [7, 11) is 1.43. The molecule has 0 bridgehead atoms. The largest absolute Gasteiger partial charge is 0.383 e.